The van der Waals surface area contributed by atoms with Crippen molar-refractivity contribution in [2.24, 2.45) is 5.92 Å². The molecule has 0 aliphatic heterocycles. The summed E-state index contributed by atoms with van der Waals surface area (Å²) < 4.78 is 0. The molecule has 4 rings (SSSR count). The first kappa shape index (κ1) is 20.5. The monoisotopic (exact) mass is 392 g/mol. The molecule has 1 fully saturated rings. The highest BCUT2D eigenvalue weighted by Crippen LogP contribution is 2.25. The van der Waals surface area contributed by atoms with Crippen molar-refractivity contribution in [3.63, 3.8) is 0 Å². The molecule has 1 amide bonds. The summed E-state index contributed by atoms with van der Waals surface area (Å²) in [5.41, 5.74) is 3.31. The van der Waals surface area contributed by atoms with Gasteiger partial charge in [0.05, 0.1) is 5.69 Å². The zero-order valence-electron chi connectivity index (χ0n) is 17.1. The van der Waals surface area contributed by atoms with Crippen molar-refractivity contribution in [1.82, 2.24) is 15.5 Å². The number of carbonyl (C=O) groups excluding carboxylic acids is 1. The Morgan fingerprint density at radius 3 is 2.45 bits per heavy atom. The highest BCUT2D eigenvalue weighted by Gasteiger charge is 2.18. The van der Waals surface area contributed by atoms with Crippen molar-refractivity contribution in [2.75, 3.05) is 11.9 Å². The Labute approximate surface area is 175 Å². The molecule has 1 saturated carbocycles. The van der Waals surface area contributed by atoms with Crippen molar-refractivity contribution in [3.05, 3.63) is 72.3 Å². The predicted molar refractivity (Wildman–Crippen MR) is 122 cm³/mol. The van der Waals surface area contributed by atoms with E-state index in [1.54, 1.807) is 0 Å². The molecule has 1 aliphatic carbocycles. The molecule has 2 aromatic carbocycles. The standard InChI is InChI=1S/C22H22N4O.C2H6.2H2/c27-22(23-15-16-6-4-7-16)18-10-5-11-19(14-18)24-21-13-12-20(25-26-21)17-8-2-1-3-9-17;1-2;;/h1-3,5,8-14,16H,4,6-7,15H2,(H,23,27)(H,24,26);1-2H3;2*1H. The Morgan fingerprint density at radius 2 is 1.79 bits per heavy atom. The highest BCUT2D eigenvalue weighted by atomic mass is 16.1. The normalized spacial score (nSPS) is 12.9. The van der Waals surface area contributed by atoms with Crippen LogP contribution in [0.5, 0.6) is 0 Å². The van der Waals surface area contributed by atoms with Gasteiger partial charge in [0.2, 0.25) is 0 Å². The van der Waals surface area contributed by atoms with Gasteiger partial charge in [-0.3, -0.25) is 4.79 Å². The van der Waals surface area contributed by atoms with E-state index in [9.17, 15) is 4.79 Å². The summed E-state index contributed by atoms with van der Waals surface area (Å²) in [4.78, 5) is 12.3. The molecule has 0 unspecified atom stereocenters. The Kier molecular flexibility index (Phi) is 7.34. The fraction of sp³-hybridized carbons (Fsp3) is 0.292. The summed E-state index contributed by atoms with van der Waals surface area (Å²) in [6.45, 7) is 4.77. The summed E-state index contributed by atoms with van der Waals surface area (Å²) in [5.74, 6) is 1.26. The van der Waals surface area contributed by atoms with Crippen LogP contribution >= 0.6 is 0 Å². The van der Waals surface area contributed by atoms with Crippen LogP contribution in [-0.2, 0) is 0 Å². The molecule has 154 valence electrons. The summed E-state index contributed by atoms with van der Waals surface area (Å²) >= 11 is 0. The van der Waals surface area contributed by atoms with Gasteiger partial charge in [-0.15, -0.1) is 10.2 Å². The molecule has 0 atom stereocenters. The minimum Gasteiger partial charge on any atom is -0.352 e. The molecule has 1 aromatic heterocycles. The lowest BCUT2D eigenvalue weighted by atomic mass is 9.85. The van der Waals surface area contributed by atoms with Gasteiger partial charge in [-0.1, -0.05) is 56.7 Å². The van der Waals surface area contributed by atoms with E-state index in [1.165, 1.54) is 19.3 Å². The van der Waals surface area contributed by atoms with Gasteiger partial charge in [-0.25, -0.2) is 0 Å². The second-order valence-corrected chi connectivity index (χ2v) is 6.88. The average Bonchev–Trinajstić information content (AvgIpc) is 2.75. The molecule has 0 radical (unpaired) electrons. The van der Waals surface area contributed by atoms with Crippen LogP contribution in [0.4, 0.5) is 11.5 Å². The van der Waals surface area contributed by atoms with E-state index in [0.29, 0.717) is 17.3 Å². The summed E-state index contributed by atoms with van der Waals surface area (Å²) in [6, 6.07) is 21.2. The van der Waals surface area contributed by atoms with Crippen LogP contribution in [0.15, 0.2) is 66.7 Å². The number of anilines is 2. The number of hydrogen-bond acceptors (Lipinski definition) is 4. The molecule has 29 heavy (non-hydrogen) atoms. The molecule has 1 heterocycles. The first-order valence-electron chi connectivity index (χ1n) is 10.3. The zero-order chi connectivity index (χ0) is 20.5. The van der Waals surface area contributed by atoms with E-state index in [1.807, 2.05) is 80.6 Å². The third-order valence-electron chi connectivity index (χ3n) is 4.91. The number of carbonyl (C=O) groups is 1. The maximum Gasteiger partial charge on any atom is 0.251 e. The minimum absolute atomic E-state index is 0. The van der Waals surface area contributed by atoms with Gasteiger partial charge in [-0.2, -0.15) is 0 Å². The van der Waals surface area contributed by atoms with Crippen LogP contribution < -0.4 is 10.6 Å². The lowest BCUT2D eigenvalue weighted by molar-refractivity contribution is 0.0939. The van der Waals surface area contributed by atoms with Crippen molar-refractivity contribution in [2.45, 2.75) is 33.1 Å². The van der Waals surface area contributed by atoms with Crippen LogP contribution in [0.1, 0.15) is 46.3 Å². The summed E-state index contributed by atoms with van der Waals surface area (Å²) in [5, 5.41) is 14.8. The predicted octanol–water partition coefficient (Wildman–Crippen LogP) is 5.94. The number of nitrogens with zero attached hydrogens (tertiary/aromatic N) is 2. The Hall–Kier alpha value is -3.21. The number of benzene rings is 2. The van der Waals surface area contributed by atoms with Crippen molar-refractivity contribution < 1.29 is 7.65 Å². The molecular weight excluding hydrogens is 360 g/mol. The van der Waals surface area contributed by atoms with Gasteiger partial charge in [0.15, 0.2) is 5.82 Å². The fourth-order valence-electron chi connectivity index (χ4n) is 3.08. The first-order valence-corrected chi connectivity index (χ1v) is 10.3. The molecule has 1 aliphatic rings. The maximum absolute atomic E-state index is 12.3. The zero-order valence-corrected chi connectivity index (χ0v) is 17.1. The third kappa shape index (κ3) is 5.64. The lowest BCUT2D eigenvalue weighted by Crippen LogP contribution is -2.32. The van der Waals surface area contributed by atoms with Gasteiger partial charge in [-0.05, 0) is 49.1 Å². The van der Waals surface area contributed by atoms with E-state index in [0.717, 1.165) is 23.5 Å². The smallest absolute Gasteiger partial charge is 0.251 e. The highest BCUT2D eigenvalue weighted by molar-refractivity contribution is 5.95. The quantitative estimate of drug-likeness (QED) is 0.545. The van der Waals surface area contributed by atoms with Crippen LogP contribution in [-0.4, -0.2) is 22.6 Å². The van der Waals surface area contributed by atoms with Gasteiger partial charge >= 0.3 is 0 Å². The molecule has 5 heteroatoms. The van der Waals surface area contributed by atoms with Crippen molar-refractivity contribution >= 4 is 17.4 Å². The SMILES string of the molecule is CC.O=C(NCC1CCC1)c1cccc(Nc2ccc(-c3ccccc3)nn2)c1.[HH].[HH]. The lowest BCUT2D eigenvalue weighted by Gasteiger charge is -2.25. The van der Waals surface area contributed by atoms with Crippen LogP contribution in [0, 0.1) is 5.92 Å². The Balaban J connectivity index is 0.00000117. The summed E-state index contributed by atoms with van der Waals surface area (Å²) in [6.07, 6.45) is 3.73. The molecule has 3 aromatic rings. The molecule has 5 nitrogen and oxygen atoms in total. The van der Waals surface area contributed by atoms with E-state index in [4.69, 9.17) is 0 Å². The third-order valence-corrected chi connectivity index (χ3v) is 4.91. The fourth-order valence-corrected chi connectivity index (χ4v) is 3.08. The first-order chi connectivity index (χ1) is 14.3. The second-order valence-electron chi connectivity index (χ2n) is 6.88. The number of amides is 1. The van der Waals surface area contributed by atoms with Gasteiger partial charge in [0.1, 0.15) is 0 Å². The van der Waals surface area contributed by atoms with E-state index < -0.39 is 0 Å². The van der Waals surface area contributed by atoms with Crippen molar-refractivity contribution in [1.29, 1.82) is 0 Å². The number of aromatic nitrogens is 2. The van der Waals surface area contributed by atoms with E-state index in [2.05, 4.69) is 20.8 Å². The van der Waals surface area contributed by atoms with E-state index in [-0.39, 0.29) is 8.76 Å². The Bertz CT molecular complexity index is 916. The molecular formula is C24H32N4O. The topological polar surface area (TPSA) is 66.9 Å². The molecule has 0 saturated heterocycles. The Morgan fingerprint density at radius 1 is 1.00 bits per heavy atom. The minimum atomic E-state index is -0.0314. The van der Waals surface area contributed by atoms with Crippen LogP contribution in [0.25, 0.3) is 11.3 Å². The second kappa shape index (κ2) is 10.4. The van der Waals surface area contributed by atoms with Gasteiger partial charge in [0, 0.05) is 26.2 Å². The van der Waals surface area contributed by atoms with Crippen LogP contribution in [0.2, 0.25) is 0 Å². The van der Waals surface area contributed by atoms with Gasteiger partial charge < -0.3 is 10.6 Å². The molecule has 0 bridgehead atoms. The van der Waals surface area contributed by atoms with E-state index >= 15 is 0 Å². The van der Waals surface area contributed by atoms with Crippen LogP contribution in [0.3, 0.4) is 0 Å². The van der Waals surface area contributed by atoms with Crippen molar-refractivity contribution in [3.8, 4) is 11.3 Å². The molecule has 0 spiro atoms. The van der Waals surface area contributed by atoms with Gasteiger partial charge in [0.25, 0.3) is 5.91 Å². The average molecular weight is 393 g/mol. The summed E-state index contributed by atoms with van der Waals surface area (Å²) in [7, 11) is 0. The number of hydrogen-bond donors (Lipinski definition) is 2. The largest absolute Gasteiger partial charge is 0.352 e. The number of rotatable bonds is 6. The molecule has 2 N–H and O–H groups in total. The maximum atomic E-state index is 12.3. The number of nitrogens with one attached hydrogen (secondary N) is 2.